The van der Waals surface area contributed by atoms with Crippen LogP contribution in [-0.4, -0.2) is 54.7 Å². The zero-order valence-corrected chi connectivity index (χ0v) is 22.8. The molecule has 3 amide bonds. The predicted octanol–water partition coefficient (Wildman–Crippen LogP) is 3.15. The Labute approximate surface area is 234 Å². The van der Waals surface area contributed by atoms with E-state index in [1.807, 2.05) is 0 Å². The topological polar surface area (TPSA) is 167 Å². The van der Waals surface area contributed by atoms with E-state index in [0.717, 1.165) is 6.26 Å². The molecule has 5 rings (SSSR count). The van der Waals surface area contributed by atoms with Gasteiger partial charge in [-0.05, 0) is 73.5 Å². The predicted molar refractivity (Wildman–Crippen MR) is 152 cm³/mol. The van der Waals surface area contributed by atoms with E-state index in [4.69, 9.17) is 5.73 Å². The summed E-state index contributed by atoms with van der Waals surface area (Å²) in [4.78, 5) is 46.7. The summed E-state index contributed by atoms with van der Waals surface area (Å²) in [5.74, 6) is -2.25. The number of carbonyl (C=O) groups is 3. The van der Waals surface area contributed by atoms with E-state index in [2.05, 4.69) is 20.6 Å². The molecule has 0 spiro atoms. The number of hydrogen-bond donors (Lipinski definition) is 4. The van der Waals surface area contributed by atoms with E-state index in [-0.39, 0.29) is 18.0 Å². The number of nitrogens with one attached hydrogen (secondary N) is 3. The van der Waals surface area contributed by atoms with Crippen LogP contribution in [0.25, 0.3) is 11.0 Å². The number of rotatable bonds is 10. The molecule has 1 aliphatic rings. The highest BCUT2D eigenvalue weighted by Gasteiger charge is 2.57. The fourth-order valence-corrected chi connectivity index (χ4v) is 4.90. The Morgan fingerprint density at radius 1 is 1.05 bits per heavy atom. The Bertz CT molecular complexity index is 1750. The minimum Gasteiger partial charge on any atom is -0.369 e. The van der Waals surface area contributed by atoms with E-state index in [0.29, 0.717) is 46.6 Å². The quantitative estimate of drug-likeness (QED) is 0.210. The monoisotopic (exact) mass is 578 g/mol. The number of anilines is 4. The van der Waals surface area contributed by atoms with Gasteiger partial charge in [-0.15, -0.1) is 0 Å². The molecule has 13 heteroatoms. The first-order chi connectivity index (χ1) is 19.5. The summed E-state index contributed by atoms with van der Waals surface area (Å²) in [5.41, 5.74) is 7.12. The Morgan fingerprint density at radius 2 is 1.68 bits per heavy atom. The van der Waals surface area contributed by atoms with Crippen LogP contribution in [0.5, 0.6) is 0 Å². The molecular formula is C28H27FN6O5S. The van der Waals surface area contributed by atoms with Crippen molar-refractivity contribution in [3.8, 4) is 0 Å². The van der Waals surface area contributed by atoms with Crippen LogP contribution in [0.2, 0.25) is 0 Å². The first-order valence-electron chi connectivity index (χ1n) is 12.7. The molecule has 0 bridgehead atoms. The molecule has 0 radical (unpaired) electrons. The van der Waals surface area contributed by atoms with Gasteiger partial charge < -0.3 is 21.4 Å². The van der Waals surface area contributed by atoms with Crippen molar-refractivity contribution in [2.24, 2.45) is 11.1 Å². The van der Waals surface area contributed by atoms with Crippen molar-refractivity contribution in [1.29, 1.82) is 0 Å². The number of amides is 3. The van der Waals surface area contributed by atoms with Crippen LogP contribution in [0.1, 0.15) is 23.3 Å². The summed E-state index contributed by atoms with van der Waals surface area (Å²) >= 11 is 0. The lowest BCUT2D eigenvalue weighted by Crippen LogP contribution is -2.41. The smallest absolute Gasteiger partial charge is 0.267 e. The van der Waals surface area contributed by atoms with E-state index < -0.39 is 38.8 Å². The number of sulfone groups is 1. The van der Waals surface area contributed by atoms with Gasteiger partial charge in [0.05, 0.1) is 11.4 Å². The number of aromatic nitrogens is 2. The standard InChI is InChI=1S/C28H27FN6O5S/c1-41(39,40)15-14-32-25(36)23-16-21-22(10-13-31-24(21)34-23)33-18-4-8-20(9-5-18)35(19-6-2-17(29)3-7-19)27(38)28(11-12-28)26(30)37/h2-10,13,16H,11-12,14-15H2,1H3,(H2,30,37)(H,32,36)(H2,31,33,34). The number of pyridine rings is 1. The Hall–Kier alpha value is -4.78. The van der Waals surface area contributed by atoms with Crippen LogP contribution in [0.3, 0.4) is 0 Å². The summed E-state index contributed by atoms with van der Waals surface area (Å²) in [6.45, 7) is -0.0179. The number of nitrogens with zero attached hydrogens (tertiary/aromatic N) is 2. The number of primary amides is 1. The Kier molecular flexibility index (Phi) is 7.22. The second-order valence-corrected chi connectivity index (χ2v) is 12.2. The van der Waals surface area contributed by atoms with Crippen molar-refractivity contribution in [1.82, 2.24) is 15.3 Å². The molecule has 212 valence electrons. The third-order valence-corrected chi connectivity index (χ3v) is 7.80. The molecule has 1 saturated carbocycles. The minimum atomic E-state index is -3.21. The van der Waals surface area contributed by atoms with Gasteiger partial charge in [-0.2, -0.15) is 0 Å². The van der Waals surface area contributed by atoms with Gasteiger partial charge in [-0.25, -0.2) is 17.8 Å². The maximum Gasteiger partial charge on any atom is 0.267 e. The highest BCUT2D eigenvalue weighted by molar-refractivity contribution is 7.90. The number of halogens is 1. The molecule has 2 heterocycles. The Balaban J connectivity index is 1.38. The second kappa shape index (κ2) is 10.7. The van der Waals surface area contributed by atoms with Gasteiger partial charge in [0.25, 0.3) is 5.91 Å². The summed E-state index contributed by atoms with van der Waals surface area (Å²) < 4.78 is 36.3. The first kappa shape index (κ1) is 27.8. The number of fused-ring (bicyclic) bond motifs is 1. The van der Waals surface area contributed by atoms with Crippen molar-refractivity contribution in [3.05, 3.63) is 78.4 Å². The van der Waals surface area contributed by atoms with Crippen molar-refractivity contribution in [2.75, 3.05) is 28.8 Å². The van der Waals surface area contributed by atoms with Crippen molar-refractivity contribution in [2.45, 2.75) is 12.8 Å². The molecule has 5 N–H and O–H groups in total. The highest BCUT2D eigenvalue weighted by Crippen LogP contribution is 2.49. The lowest BCUT2D eigenvalue weighted by Gasteiger charge is -2.26. The number of H-pyrrole nitrogens is 1. The highest BCUT2D eigenvalue weighted by atomic mass is 32.2. The molecule has 0 atom stereocenters. The van der Waals surface area contributed by atoms with Gasteiger partial charge in [-0.3, -0.25) is 19.3 Å². The van der Waals surface area contributed by atoms with Crippen LogP contribution < -0.4 is 21.3 Å². The molecule has 4 aromatic rings. The maximum absolute atomic E-state index is 13.6. The van der Waals surface area contributed by atoms with Crippen molar-refractivity contribution in [3.63, 3.8) is 0 Å². The number of carbonyl (C=O) groups excluding carboxylic acids is 3. The lowest BCUT2D eigenvalue weighted by atomic mass is 10.0. The molecule has 11 nitrogen and oxygen atoms in total. The zero-order valence-electron chi connectivity index (χ0n) is 22.0. The SMILES string of the molecule is CS(=O)(=O)CCNC(=O)c1cc2c(Nc3ccc(N(C(=O)C4(C(N)=O)CC4)c4ccc(F)cc4)cc3)ccnc2[nH]1. The normalized spacial score (nSPS) is 13.9. The molecule has 1 fully saturated rings. The maximum atomic E-state index is 13.6. The number of hydrogen-bond acceptors (Lipinski definition) is 7. The third kappa shape index (κ3) is 5.89. The van der Waals surface area contributed by atoms with Crippen LogP contribution in [0.4, 0.5) is 27.1 Å². The van der Waals surface area contributed by atoms with Crippen LogP contribution in [0, 0.1) is 11.2 Å². The molecule has 0 aliphatic heterocycles. The van der Waals surface area contributed by atoms with Gasteiger partial charge in [0.2, 0.25) is 11.8 Å². The Morgan fingerprint density at radius 3 is 2.27 bits per heavy atom. The van der Waals surface area contributed by atoms with Gasteiger partial charge in [-0.1, -0.05) is 0 Å². The number of aromatic amines is 1. The van der Waals surface area contributed by atoms with Crippen LogP contribution in [-0.2, 0) is 19.4 Å². The van der Waals surface area contributed by atoms with Crippen molar-refractivity contribution >= 4 is 61.3 Å². The molecule has 0 saturated heterocycles. The van der Waals surface area contributed by atoms with Crippen LogP contribution in [0.15, 0.2) is 66.9 Å². The summed E-state index contributed by atoms with van der Waals surface area (Å²) in [7, 11) is -3.21. The van der Waals surface area contributed by atoms with E-state index in [1.54, 1.807) is 42.6 Å². The van der Waals surface area contributed by atoms with E-state index >= 15 is 0 Å². The zero-order chi connectivity index (χ0) is 29.4. The first-order valence-corrected chi connectivity index (χ1v) is 14.7. The number of benzene rings is 2. The molecular weight excluding hydrogens is 551 g/mol. The summed E-state index contributed by atoms with van der Waals surface area (Å²) in [5, 5.41) is 6.47. The van der Waals surface area contributed by atoms with Gasteiger partial charge in [0.1, 0.15) is 32.4 Å². The fraction of sp³-hybridized carbons (Fsp3) is 0.214. The van der Waals surface area contributed by atoms with Gasteiger partial charge >= 0.3 is 0 Å². The lowest BCUT2D eigenvalue weighted by molar-refractivity contribution is -0.133. The van der Waals surface area contributed by atoms with Crippen molar-refractivity contribution < 1.29 is 27.2 Å². The molecule has 2 aromatic carbocycles. The largest absolute Gasteiger partial charge is 0.369 e. The van der Waals surface area contributed by atoms with Gasteiger partial charge in [0, 0.05) is 41.4 Å². The van der Waals surface area contributed by atoms with E-state index in [1.165, 1.54) is 29.2 Å². The van der Waals surface area contributed by atoms with Gasteiger partial charge in [0.15, 0.2) is 0 Å². The average molecular weight is 579 g/mol. The molecule has 2 aromatic heterocycles. The molecule has 41 heavy (non-hydrogen) atoms. The minimum absolute atomic E-state index is 0.0179. The third-order valence-electron chi connectivity index (χ3n) is 6.86. The molecule has 0 unspecified atom stereocenters. The van der Waals surface area contributed by atoms with E-state index in [9.17, 15) is 27.2 Å². The second-order valence-electron chi connectivity index (χ2n) is 9.92. The summed E-state index contributed by atoms with van der Waals surface area (Å²) in [6, 6.07) is 15.6. The van der Waals surface area contributed by atoms with Crippen LogP contribution >= 0.6 is 0 Å². The molecule has 1 aliphatic carbocycles. The average Bonchev–Trinajstić information content (AvgIpc) is 3.63. The number of nitrogens with two attached hydrogens (primary N) is 1. The fourth-order valence-electron chi connectivity index (χ4n) is 4.43. The summed E-state index contributed by atoms with van der Waals surface area (Å²) in [6.07, 6.45) is 3.36.